The first kappa shape index (κ1) is 16.5. The van der Waals surface area contributed by atoms with Crippen molar-refractivity contribution in [1.82, 2.24) is 14.8 Å². The van der Waals surface area contributed by atoms with Crippen molar-refractivity contribution in [1.29, 1.82) is 0 Å². The molecule has 0 saturated carbocycles. The number of pyridine rings is 1. The number of para-hydroxylation sites is 1. The first-order chi connectivity index (χ1) is 13.7. The van der Waals surface area contributed by atoms with Gasteiger partial charge >= 0.3 is 0 Å². The van der Waals surface area contributed by atoms with Crippen LogP contribution in [0.15, 0.2) is 79.0 Å². The maximum Gasteiger partial charge on any atom is 0.119 e. The lowest BCUT2D eigenvalue weighted by Gasteiger charge is -2.06. The van der Waals surface area contributed by atoms with Crippen molar-refractivity contribution < 1.29 is 4.74 Å². The van der Waals surface area contributed by atoms with Gasteiger partial charge in [-0.3, -0.25) is 4.98 Å². The van der Waals surface area contributed by atoms with Crippen LogP contribution in [0.25, 0.3) is 38.8 Å². The van der Waals surface area contributed by atoms with Gasteiger partial charge in [0, 0.05) is 22.5 Å². The lowest BCUT2D eigenvalue weighted by atomic mass is 10.1. The summed E-state index contributed by atoms with van der Waals surface area (Å²) in [5, 5.41) is 7.11. The molecular formula is C24H19N3O. The molecular weight excluding hydrogens is 346 g/mol. The van der Waals surface area contributed by atoms with Crippen LogP contribution in [0.1, 0.15) is 5.56 Å². The van der Waals surface area contributed by atoms with E-state index < -0.39 is 0 Å². The Bertz CT molecular complexity index is 1300. The quantitative estimate of drug-likeness (QED) is 0.420. The largest absolute Gasteiger partial charge is 0.497 e. The van der Waals surface area contributed by atoms with Crippen LogP contribution in [0.2, 0.25) is 0 Å². The standard InChI is InChI=1S/C24H19N3O/c1-16-10-12-18(13-11-16)27-24-20-8-3-4-9-22(20)25-15-21(24)23(26-27)17-6-5-7-19(14-17)28-2/h3-15H,1-2H3. The smallest absolute Gasteiger partial charge is 0.119 e. The molecule has 136 valence electrons. The molecule has 0 unspecified atom stereocenters. The zero-order chi connectivity index (χ0) is 19.1. The van der Waals surface area contributed by atoms with Gasteiger partial charge in [0.2, 0.25) is 0 Å². The summed E-state index contributed by atoms with van der Waals surface area (Å²) in [4.78, 5) is 4.67. The van der Waals surface area contributed by atoms with Crippen LogP contribution in [0, 0.1) is 6.92 Å². The molecule has 0 N–H and O–H groups in total. The van der Waals surface area contributed by atoms with Crippen LogP contribution >= 0.6 is 0 Å². The summed E-state index contributed by atoms with van der Waals surface area (Å²) in [6.45, 7) is 2.09. The number of rotatable bonds is 3. The molecule has 28 heavy (non-hydrogen) atoms. The molecule has 2 heterocycles. The number of fused-ring (bicyclic) bond motifs is 3. The number of ether oxygens (including phenoxy) is 1. The van der Waals surface area contributed by atoms with E-state index in [9.17, 15) is 0 Å². The predicted octanol–water partition coefficient (Wildman–Crippen LogP) is 5.56. The molecule has 0 fully saturated rings. The van der Waals surface area contributed by atoms with E-state index in [0.717, 1.165) is 44.5 Å². The van der Waals surface area contributed by atoms with Gasteiger partial charge in [-0.05, 0) is 37.3 Å². The Kier molecular flexibility index (Phi) is 3.83. The summed E-state index contributed by atoms with van der Waals surface area (Å²) in [7, 11) is 1.68. The molecule has 0 atom stereocenters. The number of hydrogen-bond acceptors (Lipinski definition) is 3. The molecule has 4 nitrogen and oxygen atoms in total. The Labute approximate surface area is 163 Å². The molecule has 2 aromatic heterocycles. The topological polar surface area (TPSA) is 39.9 Å². The second-order valence-electron chi connectivity index (χ2n) is 6.87. The number of nitrogens with zero attached hydrogens (tertiary/aromatic N) is 3. The average molecular weight is 365 g/mol. The minimum absolute atomic E-state index is 0.810. The molecule has 0 spiro atoms. The van der Waals surface area contributed by atoms with Crippen LogP contribution < -0.4 is 4.74 Å². The zero-order valence-electron chi connectivity index (χ0n) is 15.8. The van der Waals surface area contributed by atoms with Gasteiger partial charge < -0.3 is 4.74 Å². The molecule has 0 aliphatic rings. The highest BCUT2D eigenvalue weighted by atomic mass is 16.5. The second kappa shape index (κ2) is 6.50. The highest BCUT2D eigenvalue weighted by Crippen LogP contribution is 2.34. The minimum atomic E-state index is 0.810. The van der Waals surface area contributed by atoms with E-state index in [-0.39, 0.29) is 0 Å². The van der Waals surface area contributed by atoms with Gasteiger partial charge in [0.1, 0.15) is 11.4 Å². The van der Waals surface area contributed by atoms with Crippen molar-refractivity contribution in [2.24, 2.45) is 0 Å². The van der Waals surface area contributed by atoms with E-state index in [4.69, 9.17) is 9.84 Å². The molecule has 0 bridgehead atoms. The van der Waals surface area contributed by atoms with Crippen LogP contribution in [0.4, 0.5) is 0 Å². The lowest BCUT2D eigenvalue weighted by molar-refractivity contribution is 0.415. The summed E-state index contributed by atoms with van der Waals surface area (Å²) in [5.74, 6) is 0.810. The van der Waals surface area contributed by atoms with E-state index in [1.54, 1.807) is 7.11 Å². The third kappa shape index (κ3) is 2.62. The zero-order valence-corrected chi connectivity index (χ0v) is 15.8. The van der Waals surface area contributed by atoms with Crippen LogP contribution in [0.3, 0.4) is 0 Å². The maximum absolute atomic E-state index is 5.41. The Balaban J connectivity index is 1.87. The molecule has 0 amide bonds. The fraction of sp³-hybridized carbons (Fsp3) is 0.0833. The van der Waals surface area contributed by atoms with Crippen molar-refractivity contribution in [3.05, 3.63) is 84.6 Å². The average Bonchev–Trinajstić information content (AvgIpc) is 3.14. The Morgan fingerprint density at radius 2 is 1.68 bits per heavy atom. The van der Waals surface area contributed by atoms with Gasteiger partial charge in [0.25, 0.3) is 0 Å². The monoisotopic (exact) mass is 365 g/mol. The number of methoxy groups -OCH3 is 1. The Morgan fingerprint density at radius 3 is 2.50 bits per heavy atom. The molecule has 0 saturated heterocycles. The molecule has 4 heteroatoms. The molecule has 0 aliphatic carbocycles. The van der Waals surface area contributed by atoms with Gasteiger partial charge in [0.15, 0.2) is 0 Å². The summed E-state index contributed by atoms with van der Waals surface area (Å²) < 4.78 is 7.43. The molecule has 0 aliphatic heterocycles. The summed E-state index contributed by atoms with van der Waals surface area (Å²) >= 11 is 0. The normalized spacial score (nSPS) is 11.2. The van der Waals surface area contributed by atoms with Crippen LogP contribution in [-0.4, -0.2) is 21.9 Å². The number of benzene rings is 3. The third-order valence-corrected chi connectivity index (χ3v) is 5.04. The van der Waals surface area contributed by atoms with Crippen molar-refractivity contribution in [2.75, 3.05) is 7.11 Å². The number of hydrogen-bond donors (Lipinski definition) is 0. The van der Waals surface area contributed by atoms with Crippen molar-refractivity contribution in [3.63, 3.8) is 0 Å². The summed E-state index contributed by atoms with van der Waals surface area (Å²) in [6.07, 6.45) is 1.92. The van der Waals surface area contributed by atoms with Crippen molar-refractivity contribution in [3.8, 4) is 22.7 Å². The molecule has 0 radical (unpaired) electrons. The highest BCUT2D eigenvalue weighted by molar-refractivity contribution is 6.08. The van der Waals surface area contributed by atoms with Crippen LogP contribution in [0.5, 0.6) is 5.75 Å². The molecule has 3 aromatic carbocycles. The molecule has 5 aromatic rings. The maximum atomic E-state index is 5.41. The van der Waals surface area contributed by atoms with E-state index in [1.807, 2.05) is 47.3 Å². The number of aryl methyl sites for hydroxylation is 1. The van der Waals surface area contributed by atoms with Gasteiger partial charge in [-0.2, -0.15) is 5.10 Å². The summed E-state index contributed by atoms with van der Waals surface area (Å²) in [6, 6.07) is 24.6. The highest BCUT2D eigenvalue weighted by Gasteiger charge is 2.17. The SMILES string of the molecule is COc1cccc(-c2nn(-c3ccc(C)cc3)c3c2cnc2ccccc23)c1. The van der Waals surface area contributed by atoms with E-state index in [1.165, 1.54) is 5.56 Å². The first-order valence-corrected chi connectivity index (χ1v) is 9.22. The van der Waals surface area contributed by atoms with Gasteiger partial charge in [-0.1, -0.05) is 48.0 Å². The van der Waals surface area contributed by atoms with E-state index in [0.29, 0.717) is 0 Å². The number of aromatic nitrogens is 3. The fourth-order valence-corrected chi connectivity index (χ4v) is 3.59. The molecule has 5 rings (SSSR count). The van der Waals surface area contributed by atoms with Gasteiger partial charge in [-0.15, -0.1) is 0 Å². The fourth-order valence-electron chi connectivity index (χ4n) is 3.59. The third-order valence-electron chi connectivity index (χ3n) is 5.04. The Hall–Kier alpha value is -3.66. The van der Waals surface area contributed by atoms with Crippen molar-refractivity contribution >= 4 is 21.8 Å². The lowest BCUT2D eigenvalue weighted by Crippen LogP contribution is -1.97. The van der Waals surface area contributed by atoms with E-state index >= 15 is 0 Å². The summed E-state index contributed by atoms with van der Waals surface area (Å²) in [5.41, 5.74) is 6.17. The van der Waals surface area contributed by atoms with Gasteiger partial charge in [0.05, 0.1) is 23.8 Å². The van der Waals surface area contributed by atoms with E-state index in [2.05, 4.69) is 48.3 Å². The van der Waals surface area contributed by atoms with Gasteiger partial charge in [-0.25, -0.2) is 4.68 Å². The van der Waals surface area contributed by atoms with Crippen LogP contribution in [-0.2, 0) is 0 Å². The first-order valence-electron chi connectivity index (χ1n) is 9.22. The minimum Gasteiger partial charge on any atom is -0.497 e. The Morgan fingerprint density at radius 1 is 0.857 bits per heavy atom. The van der Waals surface area contributed by atoms with Crippen molar-refractivity contribution in [2.45, 2.75) is 6.92 Å². The predicted molar refractivity (Wildman–Crippen MR) is 113 cm³/mol. The second-order valence-corrected chi connectivity index (χ2v) is 6.87.